The minimum absolute atomic E-state index is 0.156. The molecule has 1 saturated heterocycles. The van der Waals surface area contributed by atoms with Crippen molar-refractivity contribution in [1.29, 1.82) is 0 Å². The second-order valence-electron chi connectivity index (χ2n) is 3.93. The van der Waals surface area contributed by atoms with Crippen molar-refractivity contribution in [3.05, 3.63) is 29.8 Å². The maximum absolute atomic E-state index is 11.4. The highest BCUT2D eigenvalue weighted by molar-refractivity contribution is 8.15. The van der Waals surface area contributed by atoms with Gasteiger partial charge < -0.3 is 15.5 Å². The van der Waals surface area contributed by atoms with Crippen LogP contribution in [0.1, 0.15) is 12.0 Å². The van der Waals surface area contributed by atoms with Crippen molar-refractivity contribution in [3.8, 4) is 5.75 Å². The van der Waals surface area contributed by atoms with Gasteiger partial charge in [-0.25, -0.2) is 0 Å². The maximum atomic E-state index is 11.4. The summed E-state index contributed by atoms with van der Waals surface area (Å²) in [6.45, 7) is 0. The van der Waals surface area contributed by atoms with Crippen molar-refractivity contribution in [2.24, 2.45) is 10.2 Å². The minimum atomic E-state index is -1.04. The average molecular weight is 293 g/mol. The quantitative estimate of drug-likeness (QED) is 0.561. The molecular formula is C12H11N3O4S. The van der Waals surface area contributed by atoms with Crippen LogP contribution in [-0.4, -0.2) is 38.7 Å². The highest BCUT2D eigenvalue weighted by Crippen LogP contribution is 2.22. The van der Waals surface area contributed by atoms with Gasteiger partial charge in [0.15, 0.2) is 5.17 Å². The van der Waals surface area contributed by atoms with Gasteiger partial charge in [-0.05, 0) is 29.8 Å². The fourth-order valence-corrected chi connectivity index (χ4v) is 2.37. The van der Waals surface area contributed by atoms with Crippen LogP contribution in [0.5, 0.6) is 5.75 Å². The molecule has 1 aromatic carbocycles. The van der Waals surface area contributed by atoms with Crippen LogP contribution in [0, 0.1) is 0 Å². The summed E-state index contributed by atoms with van der Waals surface area (Å²) >= 11 is 1.04. The average Bonchev–Trinajstić information content (AvgIpc) is 2.72. The zero-order valence-corrected chi connectivity index (χ0v) is 11.0. The maximum Gasteiger partial charge on any atom is 0.305 e. The zero-order chi connectivity index (χ0) is 14.5. The molecule has 104 valence electrons. The van der Waals surface area contributed by atoms with Crippen LogP contribution in [0.3, 0.4) is 0 Å². The van der Waals surface area contributed by atoms with Crippen LogP contribution < -0.4 is 5.32 Å². The third-order valence-electron chi connectivity index (χ3n) is 2.38. The number of carboxylic acids is 1. The van der Waals surface area contributed by atoms with E-state index in [1.54, 1.807) is 12.1 Å². The Morgan fingerprint density at radius 2 is 2.10 bits per heavy atom. The topological polar surface area (TPSA) is 111 Å². The Kier molecular flexibility index (Phi) is 4.36. The third kappa shape index (κ3) is 3.82. The monoisotopic (exact) mass is 293 g/mol. The first-order chi connectivity index (χ1) is 9.54. The SMILES string of the molecule is O=C(O)C[C@H]1S/C(=N\N=C\c2ccc(O)cc2)NC1=O. The van der Waals surface area contributed by atoms with E-state index in [4.69, 9.17) is 10.2 Å². The van der Waals surface area contributed by atoms with Gasteiger partial charge in [-0.1, -0.05) is 11.8 Å². The van der Waals surface area contributed by atoms with Crippen molar-refractivity contribution in [2.45, 2.75) is 11.7 Å². The largest absolute Gasteiger partial charge is 0.508 e. The first kappa shape index (κ1) is 14.1. The Morgan fingerprint density at radius 1 is 1.40 bits per heavy atom. The second-order valence-corrected chi connectivity index (χ2v) is 5.13. The van der Waals surface area contributed by atoms with Crippen molar-refractivity contribution in [3.63, 3.8) is 0 Å². The lowest BCUT2D eigenvalue weighted by Crippen LogP contribution is -2.26. The molecule has 1 fully saturated rings. The van der Waals surface area contributed by atoms with Gasteiger partial charge >= 0.3 is 5.97 Å². The Balaban J connectivity index is 1.97. The molecule has 20 heavy (non-hydrogen) atoms. The summed E-state index contributed by atoms with van der Waals surface area (Å²) in [5, 5.41) is 27.4. The normalized spacial score (nSPS) is 20.5. The molecule has 7 nitrogen and oxygen atoms in total. The molecule has 0 aliphatic carbocycles. The smallest absolute Gasteiger partial charge is 0.305 e. The van der Waals surface area contributed by atoms with Gasteiger partial charge in [-0.15, -0.1) is 5.10 Å². The minimum Gasteiger partial charge on any atom is -0.508 e. The predicted molar refractivity (Wildman–Crippen MR) is 74.9 cm³/mol. The van der Waals surface area contributed by atoms with Gasteiger partial charge in [0.1, 0.15) is 11.0 Å². The van der Waals surface area contributed by atoms with Gasteiger partial charge in [-0.3, -0.25) is 9.59 Å². The number of amidine groups is 1. The van der Waals surface area contributed by atoms with Crippen molar-refractivity contribution >= 4 is 35.0 Å². The predicted octanol–water partition coefficient (Wildman–Crippen LogP) is 0.788. The summed E-state index contributed by atoms with van der Waals surface area (Å²) in [6.07, 6.45) is 1.21. The number of thioether (sulfide) groups is 1. The number of benzene rings is 1. The van der Waals surface area contributed by atoms with Gasteiger partial charge in [0, 0.05) is 0 Å². The van der Waals surface area contributed by atoms with Crippen LogP contribution in [0.4, 0.5) is 0 Å². The van der Waals surface area contributed by atoms with Gasteiger partial charge in [-0.2, -0.15) is 5.10 Å². The van der Waals surface area contributed by atoms with E-state index in [0.29, 0.717) is 0 Å². The van der Waals surface area contributed by atoms with E-state index < -0.39 is 11.2 Å². The number of hydrogen-bond donors (Lipinski definition) is 3. The lowest BCUT2D eigenvalue weighted by molar-refractivity contribution is -0.138. The number of nitrogens with one attached hydrogen (secondary N) is 1. The lowest BCUT2D eigenvalue weighted by Gasteiger charge is -1.97. The number of nitrogens with zero attached hydrogens (tertiary/aromatic N) is 2. The van der Waals surface area contributed by atoms with E-state index in [9.17, 15) is 9.59 Å². The van der Waals surface area contributed by atoms with Crippen LogP contribution >= 0.6 is 11.8 Å². The highest BCUT2D eigenvalue weighted by Gasteiger charge is 2.32. The summed E-state index contributed by atoms with van der Waals surface area (Å²) in [5.74, 6) is -1.26. The molecule has 0 aromatic heterocycles. The number of phenolic OH excluding ortho intramolecular Hbond substituents is 1. The van der Waals surface area contributed by atoms with E-state index in [0.717, 1.165) is 17.3 Å². The lowest BCUT2D eigenvalue weighted by atomic mass is 10.2. The number of carbonyl (C=O) groups is 2. The van der Waals surface area contributed by atoms with E-state index in [1.165, 1.54) is 18.3 Å². The highest BCUT2D eigenvalue weighted by atomic mass is 32.2. The molecule has 0 bridgehead atoms. The number of rotatable bonds is 4. The molecule has 0 radical (unpaired) electrons. The van der Waals surface area contributed by atoms with Crippen LogP contribution in [0.2, 0.25) is 0 Å². The standard InChI is InChI=1S/C12H11N3O4S/c16-8-3-1-7(2-4-8)6-13-15-12-14-11(19)9(20-12)5-10(17)18/h1-4,6,9,16H,5H2,(H,17,18)(H,14,15,19)/b13-6+/t9-/m1/s1. The van der Waals surface area contributed by atoms with Crippen LogP contribution in [-0.2, 0) is 9.59 Å². The molecule has 3 N–H and O–H groups in total. The molecule has 1 atom stereocenters. The summed E-state index contributed by atoms with van der Waals surface area (Å²) < 4.78 is 0. The molecule has 1 aromatic rings. The Hall–Kier alpha value is -2.35. The summed E-state index contributed by atoms with van der Waals surface area (Å²) in [6, 6.07) is 6.35. The third-order valence-corrected chi connectivity index (χ3v) is 3.46. The summed E-state index contributed by atoms with van der Waals surface area (Å²) in [7, 11) is 0. The van der Waals surface area contributed by atoms with Crippen molar-refractivity contribution < 1.29 is 19.8 Å². The van der Waals surface area contributed by atoms with E-state index in [1.807, 2.05) is 0 Å². The number of carbonyl (C=O) groups excluding carboxylic acids is 1. The van der Waals surface area contributed by atoms with E-state index >= 15 is 0 Å². The molecule has 0 spiro atoms. The van der Waals surface area contributed by atoms with E-state index in [2.05, 4.69) is 15.5 Å². The van der Waals surface area contributed by atoms with Crippen molar-refractivity contribution in [1.82, 2.24) is 5.32 Å². The number of amides is 1. The Labute approximate surface area is 118 Å². The number of aromatic hydroxyl groups is 1. The number of hydrogen-bond acceptors (Lipinski definition) is 6. The first-order valence-electron chi connectivity index (χ1n) is 5.64. The fraction of sp³-hybridized carbons (Fsp3) is 0.167. The fourth-order valence-electron chi connectivity index (χ4n) is 1.45. The molecule has 1 aliphatic rings. The number of phenols is 1. The molecule has 2 rings (SSSR count). The Morgan fingerprint density at radius 3 is 2.75 bits per heavy atom. The first-order valence-corrected chi connectivity index (χ1v) is 6.52. The molecule has 1 amide bonds. The van der Waals surface area contributed by atoms with Gasteiger partial charge in [0.2, 0.25) is 5.91 Å². The van der Waals surface area contributed by atoms with E-state index in [-0.39, 0.29) is 23.2 Å². The Bertz CT molecular complexity index is 583. The molecule has 8 heteroatoms. The van der Waals surface area contributed by atoms with Gasteiger partial charge in [0.05, 0.1) is 12.6 Å². The molecule has 0 unspecified atom stereocenters. The van der Waals surface area contributed by atoms with Crippen LogP contribution in [0.25, 0.3) is 0 Å². The number of carboxylic acid groups (broad SMARTS) is 1. The molecular weight excluding hydrogens is 282 g/mol. The zero-order valence-electron chi connectivity index (χ0n) is 10.2. The van der Waals surface area contributed by atoms with Crippen LogP contribution in [0.15, 0.2) is 34.5 Å². The second kappa shape index (κ2) is 6.20. The molecule has 1 aliphatic heterocycles. The molecule has 1 heterocycles. The van der Waals surface area contributed by atoms with Crippen molar-refractivity contribution in [2.75, 3.05) is 0 Å². The van der Waals surface area contributed by atoms with Gasteiger partial charge in [0.25, 0.3) is 0 Å². The molecule has 0 saturated carbocycles. The summed E-state index contributed by atoms with van der Waals surface area (Å²) in [5.41, 5.74) is 0.739. The summed E-state index contributed by atoms with van der Waals surface area (Å²) in [4.78, 5) is 22.0. The number of aliphatic carboxylic acids is 1.